The molecule has 0 saturated heterocycles. The Kier molecular flexibility index (Phi) is 4.09. The molecule has 0 N–H and O–H groups in total. The zero-order valence-corrected chi connectivity index (χ0v) is 9.57. The highest BCUT2D eigenvalue weighted by molar-refractivity contribution is 7.95. The lowest BCUT2D eigenvalue weighted by Crippen LogP contribution is -2.04. The van der Waals surface area contributed by atoms with Gasteiger partial charge in [-0.15, -0.1) is 0 Å². The van der Waals surface area contributed by atoms with Crippen molar-refractivity contribution in [3.8, 4) is 6.07 Å². The molecule has 1 aromatic carbocycles. The standard InChI is InChI=1S/C11H11NO3S/c1-2-15-9-11(8-12)16(13,14)10-6-4-3-5-7-10/h3-7,9H,2H2,1H3/b11-9-. The van der Waals surface area contributed by atoms with Gasteiger partial charge in [-0.25, -0.2) is 8.42 Å². The van der Waals surface area contributed by atoms with Gasteiger partial charge in [-0.3, -0.25) is 0 Å². The number of sulfone groups is 1. The van der Waals surface area contributed by atoms with Gasteiger partial charge in [0.05, 0.1) is 11.5 Å². The van der Waals surface area contributed by atoms with Crippen molar-refractivity contribution < 1.29 is 13.2 Å². The summed E-state index contributed by atoms with van der Waals surface area (Å²) in [6, 6.07) is 9.40. The van der Waals surface area contributed by atoms with Crippen LogP contribution in [0.15, 0.2) is 46.4 Å². The number of hydrogen-bond donors (Lipinski definition) is 0. The summed E-state index contributed by atoms with van der Waals surface area (Å²) in [4.78, 5) is -0.303. The first kappa shape index (κ1) is 12.3. The van der Waals surface area contributed by atoms with Gasteiger partial charge in [-0.05, 0) is 19.1 Å². The predicted octanol–water partition coefficient (Wildman–Crippen LogP) is 1.86. The lowest BCUT2D eigenvalue weighted by molar-refractivity contribution is 0.268. The van der Waals surface area contributed by atoms with Crippen molar-refractivity contribution in [1.29, 1.82) is 5.26 Å². The first-order valence-electron chi connectivity index (χ1n) is 4.65. The maximum absolute atomic E-state index is 11.9. The molecule has 0 amide bonds. The topological polar surface area (TPSA) is 67.2 Å². The summed E-state index contributed by atoms with van der Waals surface area (Å²) in [7, 11) is -3.75. The third-order valence-corrected chi connectivity index (χ3v) is 3.47. The van der Waals surface area contributed by atoms with E-state index in [0.29, 0.717) is 6.61 Å². The number of hydrogen-bond acceptors (Lipinski definition) is 4. The molecular weight excluding hydrogens is 226 g/mol. The van der Waals surface area contributed by atoms with Crippen LogP contribution >= 0.6 is 0 Å². The minimum absolute atomic E-state index is 0.0857. The third kappa shape index (κ3) is 2.61. The van der Waals surface area contributed by atoms with Crippen molar-refractivity contribution in [1.82, 2.24) is 0 Å². The van der Waals surface area contributed by atoms with Gasteiger partial charge in [0.15, 0.2) is 4.91 Å². The Morgan fingerprint density at radius 1 is 1.44 bits per heavy atom. The molecule has 84 valence electrons. The predicted molar refractivity (Wildman–Crippen MR) is 58.9 cm³/mol. The van der Waals surface area contributed by atoms with E-state index in [0.717, 1.165) is 6.26 Å². The number of nitriles is 1. The van der Waals surface area contributed by atoms with E-state index in [1.165, 1.54) is 12.1 Å². The molecule has 0 aromatic heterocycles. The van der Waals surface area contributed by atoms with E-state index in [-0.39, 0.29) is 9.80 Å². The molecular formula is C11H11NO3S. The van der Waals surface area contributed by atoms with Gasteiger partial charge in [0.1, 0.15) is 12.3 Å². The molecule has 1 rings (SSSR count). The van der Waals surface area contributed by atoms with Gasteiger partial charge in [-0.1, -0.05) is 18.2 Å². The van der Waals surface area contributed by atoms with Crippen molar-refractivity contribution in [2.45, 2.75) is 11.8 Å². The fourth-order valence-corrected chi connectivity index (χ4v) is 2.12. The van der Waals surface area contributed by atoms with Crippen LogP contribution < -0.4 is 0 Å². The summed E-state index contributed by atoms with van der Waals surface area (Å²) < 4.78 is 28.6. The number of allylic oxidation sites excluding steroid dienone is 1. The minimum atomic E-state index is -3.75. The molecule has 5 heteroatoms. The van der Waals surface area contributed by atoms with Crippen molar-refractivity contribution in [2.24, 2.45) is 0 Å². The van der Waals surface area contributed by atoms with Crippen LogP contribution in [0.25, 0.3) is 0 Å². The van der Waals surface area contributed by atoms with Crippen molar-refractivity contribution >= 4 is 9.84 Å². The summed E-state index contributed by atoms with van der Waals surface area (Å²) in [5.41, 5.74) is 0. The second-order valence-electron chi connectivity index (χ2n) is 2.87. The molecule has 0 unspecified atom stereocenters. The Morgan fingerprint density at radius 3 is 2.56 bits per heavy atom. The summed E-state index contributed by atoms with van der Waals surface area (Å²) >= 11 is 0. The van der Waals surface area contributed by atoms with Crippen LogP contribution in [0, 0.1) is 11.3 Å². The van der Waals surface area contributed by atoms with E-state index in [1.807, 2.05) is 0 Å². The Hall–Kier alpha value is -1.80. The Balaban J connectivity index is 3.17. The molecule has 0 fully saturated rings. The lowest BCUT2D eigenvalue weighted by Gasteiger charge is -2.02. The number of nitrogens with zero attached hydrogens (tertiary/aromatic N) is 1. The maximum atomic E-state index is 11.9. The highest BCUT2D eigenvalue weighted by Crippen LogP contribution is 2.18. The van der Waals surface area contributed by atoms with E-state index in [1.54, 1.807) is 31.2 Å². The highest BCUT2D eigenvalue weighted by atomic mass is 32.2. The fourth-order valence-electron chi connectivity index (χ4n) is 1.04. The van der Waals surface area contributed by atoms with Gasteiger partial charge in [0.2, 0.25) is 9.84 Å². The molecule has 0 aliphatic rings. The summed E-state index contributed by atoms with van der Waals surface area (Å²) in [6.07, 6.45) is 0.975. The van der Waals surface area contributed by atoms with Crippen LogP contribution in [0.5, 0.6) is 0 Å². The average molecular weight is 237 g/mol. The molecule has 0 aliphatic carbocycles. The van der Waals surface area contributed by atoms with Gasteiger partial charge < -0.3 is 4.74 Å². The second-order valence-corrected chi connectivity index (χ2v) is 4.78. The van der Waals surface area contributed by atoms with Crippen LogP contribution in [0.2, 0.25) is 0 Å². The molecule has 1 aromatic rings. The van der Waals surface area contributed by atoms with Crippen LogP contribution in [0.1, 0.15) is 6.92 Å². The average Bonchev–Trinajstić information content (AvgIpc) is 2.31. The molecule has 0 saturated carbocycles. The number of ether oxygens (including phenoxy) is 1. The van der Waals surface area contributed by atoms with Gasteiger partial charge in [0.25, 0.3) is 0 Å². The largest absolute Gasteiger partial charge is 0.499 e. The molecule has 4 nitrogen and oxygen atoms in total. The summed E-state index contributed by atoms with van der Waals surface area (Å²) in [5, 5.41) is 8.77. The molecule has 16 heavy (non-hydrogen) atoms. The molecule has 0 radical (unpaired) electrons. The monoisotopic (exact) mass is 237 g/mol. The summed E-state index contributed by atoms with van der Waals surface area (Å²) in [6.45, 7) is 2.02. The lowest BCUT2D eigenvalue weighted by atomic mass is 10.4. The Bertz CT molecular complexity index is 512. The third-order valence-electron chi connectivity index (χ3n) is 1.81. The highest BCUT2D eigenvalue weighted by Gasteiger charge is 2.20. The second kappa shape index (κ2) is 5.33. The molecule has 0 bridgehead atoms. The first-order chi connectivity index (χ1) is 7.62. The van der Waals surface area contributed by atoms with Gasteiger partial charge in [0, 0.05) is 0 Å². The number of benzene rings is 1. The quantitative estimate of drug-likeness (QED) is 0.592. The van der Waals surface area contributed by atoms with E-state index in [4.69, 9.17) is 10.00 Å². The van der Waals surface area contributed by atoms with Crippen LogP contribution in [-0.4, -0.2) is 15.0 Å². The zero-order chi connectivity index (χ0) is 12.0. The van der Waals surface area contributed by atoms with E-state index >= 15 is 0 Å². The first-order valence-corrected chi connectivity index (χ1v) is 6.13. The Labute approximate surface area is 94.7 Å². The fraction of sp³-hybridized carbons (Fsp3) is 0.182. The minimum Gasteiger partial charge on any atom is -0.499 e. The SMILES string of the molecule is CCO/C=C(/C#N)S(=O)(=O)c1ccccc1. The van der Waals surface area contributed by atoms with Crippen LogP contribution in [0.4, 0.5) is 0 Å². The molecule has 0 heterocycles. The zero-order valence-electron chi connectivity index (χ0n) is 8.75. The van der Waals surface area contributed by atoms with Crippen LogP contribution in [-0.2, 0) is 14.6 Å². The molecule has 0 atom stereocenters. The van der Waals surface area contributed by atoms with E-state index in [2.05, 4.69) is 0 Å². The van der Waals surface area contributed by atoms with E-state index in [9.17, 15) is 8.42 Å². The molecule has 0 spiro atoms. The number of rotatable bonds is 4. The van der Waals surface area contributed by atoms with E-state index < -0.39 is 9.84 Å². The molecule has 0 aliphatic heterocycles. The van der Waals surface area contributed by atoms with Crippen LogP contribution in [0.3, 0.4) is 0 Å². The normalized spacial score (nSPS) is 11.9. The summed E-state index contributed by atoms with van der Waals surface area (Å²) in [5.74, 6) is 0. The van der Waals surface area contributed by atoms with Crippen molar-refractivity contribution in [2.75, 3.05) is 6.61 Å². The van der Waals surface area contributed by atoms with Gasteiger partial charge in [-0.2, -0.15) is 5.26 Å². The van der Waals surface area contributed by atoms with Gasteiger partial charge >= 0.3 is 0 Å². The Morgan fingerprint density at radius 2 is 2.06 bits per heavy atom. The smallest absolute Gasteiger partial charge is 0.219 e. The maximum Gasteiger partial charge on any atom is 0.219 e. The van der Waals surface area contributed by atoms with Crippen molar-refractivity contribution in [3.05, 3.63) is 41.5 Å². The van der Waals surface area contributed by atoms with Crippen molar-refractivity contribution in [3.63, 3.8) is 0 Å².